The van der Waals surface area contributed by atoms with Crippen LogP contribution in [0.3, 0.4) is 0 Å². The van der Waals surface area contributed by atoms with Gasteiger partial charge in [0.15, 0.2) is 0 Å². The topological polar surface area (TPSA) is 55.8 Å². The van der Waals surface area contributed by atoms with Gasteiger partial charge in [-0.05, 0) is 37.0 Å². The van der Waals surface area contributed by atoms with Crippen LogP contribution >= 0.6 is 0 Å². The van der Waals surface area contributed by atoms with Gasteiger partial charge < -0.3 is 14.6 Å². The van der Waals surface area contributed by atoms with Gasteiger partial charge in [0.25, 0.3) is 0 Å². The summed E-state index contributed by atoms with van der Waals surface area (Å²) in [5, 5.41) is 10.1. The van der Waals surface area contributed by atoms with Gasteiger partial charge in [-0.15, -0.1) is 0 Å². The normalized spacial score (nSPS) is 27.0. The van der Waals surface area contributed by atoms with Gasteiger partial charge in [0.2, 0.25) is 0 Å². The summed E-state index contributed by atoms with van der Waals surface area (Å²) in [6, 6.07) is 7.25. The zero-order valence-electron chi connectivity index (χ0n) is 11.3. The van der Waals surface area contributed by atoms with E-state index in [0.29, 0.717) is 5.56 Å². The van der Waals surface area contributed by atoms with Crippen LogP contribution in [0.1, 0.15) is 41.1 Å². The predicted molar refractivity (Wildman–Crippen MR) is 71.2 cm³/mol. The van der Waals surface area contributed by atoms with Crippen LogP contribution in [0.4, 0.5) is 0 Å². The molecule has 0 spiro atoms. The highest BCUT2D eigenvalue weighted by Gasteiger charge is 2.30. The molecule has 1 aromatic rings. The van der Waals surface area contributed by atoms with E-state index < -0.39 is 0 Å². The second-order valence-electron chi connectivity index (χ2n) is 4.96. The average molecular weight is 264 g/mol. The van der Waals surface area contributed by atoms with E-state index in [1.165, 1.54) is 7.11 Å². The first-order chi connectivity index (χ1) is 9.15. The van der Waals surface area contributed by atoms with Gasteiger partial charge in [-0.25, -0.2) is 4.79 Å². The van der Waals surface area contributed by atoms with E-state index >= 15 is 0 Å². The summed E-state index contributed by atoms with van der Waals surface area (Å²) in [5.74, 6) is -0.268. The third kappa shape index (κ3) is 3.14. The molecule has 4 heteroatoms. The lowest BCUT2D eigenvalue weighted by atomic mass is 9.80. The Bertz CT molecular complexity index is 426. The van der Waals surface area contributed by atoms with Gasteiger partial charge in [0.05, 0.1) is 24.9 Å². The lowest BCUT2D eigenvalue weighted by Crippen LogP contribution is -2.31. The highest BCUT2D eigenvalue weighted by Crippen LogP contribution is 2.34. The van der Waals surface area contributed by atoms with Gasteiger partial charge >= 0.3 is 5.97 Å². The molecule has 1 unspecified atom stereocenters. The molecule has 1 aliphatic carbocycles. The average Bonchev–Trinajstić information content (AvgIpc) is 2.47. The maximum Gasteiger partial charge on any atom is 0.337 e. The smallest absolute Gasteiger partial charge is 0.337 e. The number of rotatable bonds is 3. The van der Waals surface area contributed by atoms with Crippen LogP contribution in [0.2, 0.25) is 0 Å². The van der Waals surface area contributed by atoms with Gasteiger partial charge in [-0.2, -0.15) is 0 Å². The third-order valence-corrected chi connectivity index (χ3v) is 3.86. The summed E-state index contributed by atoms with van der Waals surface area (Å²) >= 11 is 0. The van der Waals surface area contributed by atoms with E-state index in [1.54, 1.807) is 19.2 Å². The summed E-state index contributed by atoms with van der Waals surface area (Å²) < 4.78 is 10.1. The highest BCUT2D eigenvalue weighted by atomic mass is 16.5. The second-order valence-corrected chi connectivity index (χ2v) is 4.96. The zero-order chi connectivity index (χ0) is 13.8. The number of aliphatic hydroxyl groups excluding tert-OH is 1. The fourth-order valence-electron chi connectivity index (χ4n) is 2.67. The monoisotopic (exact) mass is 264 g/mol. The molecule has 0 heterocycles. The standard InChI is InChI=1S/C15H20O4/c1-18-12-7-8-14(16)13(9-12)10-3-5-11(6-4-10)15(17)19-2/h3-6,12-14,16H,7-9H2,1-2H3/t12-,13?,14-/m1/s1. The number of ether oxygens (including phenoxy) is 2. The lowest BCUT2D eigenvalue weighted by molar-refractivity contribution is 0.00981. The Morgan fingerprint density at radius 1 is 1.21 bits per heavy atom. The number of carbonyl (C=O) groups is 1. The van der Waals surface area contributed by atoms with E-state index in [1.807, 2.05) is 12.1 Å². The van der Waals surface area contributed by atoms with Gasteiger partial charge in [0.1, 0.15) is 0 Å². The SMILES string of the molecule is COC(=O)c1ccc(C2C[C@H](OC)CC[C@H]2O)cc1. The van der Waals surface area contributed by atoms with Crippen molar-refractivity contribution in [2.45, 2.75) is 37.4 Å². The summed E-state index contributed by atoms with van der Waals surface area (Å²) in [7, 11) is 3.07. The minimum absolute atomic E-state index is 0.0744. The number of methoxy groups -OCH3 is 2. The van der Waals surface area contributed by atoms with Gasteiger partial charge in [-0.1, -0.05) is 12.1 Å². The van der Waals surface area contributed by atoms with Crippen molar-refractivity contribution < 1.29 is 19.4 Å². The number of hydrogen-bond acceptors (Lipinski definition) is 4. The molecule has 3 atom stereocenters. The van der Waals surface area contributed by atoms with Crippen molar-refractivity contribution in [3.63, 3.8) is 0 Å². The molecule has 0 aromatic heterocycles. The Morgan fingerprint density at radius 3 is 2.47 bits per heavy atom. The minimum Gasteiger partial charge on any atom is -0.465 e. The molecule has 0 saturated heterocycles. The van der Waals surface area contributed by atoms with E-state index in [9.17, 15) is 9.90 Å². The summed E-state index contributed by atoms with van der Waals surface area (Å²) in [5.41, 5.74) is 1.57. The van der Waals surface area contributed by atoms with Gasteiger partial charge in [0, 0.05) is 13.0 Å². The van der Waals surface area contributed by atoms with E-state index in [0.717, 1.165) is 24.8 Å². The minimum atomic E-state index is -0.342. The largest absolute Gasteiger partial charge is 0.465 e. The number of aliphatic hydroxyl groups is 1. The molecule has 0 aliphatic heterocycles. The molecule has 19 heavy (non-hydrogen) atoms. The van der Waals surface area contributed by atoms with Crippen molar-refractivity contribution in [3.8, 4) is 0 Å². The molecule has 1 N–H and O–H groups in total. The first-order valence-electron chi connectivity index (χ1n) is 6.55. The van der Waals surface area contributed by atoms with E-state index in [2.05, 4.69) is 4.74 Å². The maximum absolute atomic E-state index is 11.4. The number of hydrogen-bond donors (Lipinski definition) is 1. The molecule has 2 rings (SSSR count). The Balaban J connectivity index is 2.14. The van der Waals surface area contributed by atoms with Crippen molar-refractivity contribution in [2.24, 2.45) is 0 Å². The molecule has 1 aliphatic rings. The van der Waals surface area contributed by atoms with Crippen molar-refractivity contribution in [3.05, 3.63) is 35.4 Å². The summed E-state index contributed by atoms with van der Waals surface area (Å²) in [6.45, 7) is 0. The van der Waals surface area contributed by atoms with Crippen molar-refractivity contribution in [2.75, 3.05) is 14.2 Å². The number of carbonyl (C=O) groups excluding carboxylic acids is 1. The fraction of sp³-hybridized carbons (Fsp3) is 0.533. The van der Waals surface area contributed by atoms with Crippen molar-refractivity contribution >= 4 is 5.97 Å². The Kier molecular flexibility index (Phi) is 4.56. The maximum atomic E-state index is 11.4. The van der Waals surface area contributed by atoms with Crippen LogP contribution in [-0.2, 0) is 9.47 Å². The molecule has 0 amide bonds. The van der Waals surface area contributed by atoms with Gasteiger partial charge in [-0.3, -0.25) is 0 Å². The lowest BCUT2D eigenvalue weighted by Gasteiger charge is -2.32. The van der Waals surface area contributed by atoms with Crippen molar-refractivity contribution in [1.82, 2.24) is 0 Å². The van der Waals surface area contributed by atoms with Crippen LogP contribution in [0.25, 0.3) is 0 Å². The quantitative estimate of drug-likeness (QED) is 0.850. The highest BCUT2D eigenvalue weighted by molar-refractivity contribution is 5.89. The molecule has 104 valence electrons. The van der Waals surface area contributed by atoms with Crippen LogP contribution in [-0.4, -0.2) is 37.5 Å². The molecule has 1 fully saturated rings. The molecule has 1 aromatic carbocycles. The fourth-order valence-corrected chi connectivity index (χ4v) is 2.67. The second kappa shape index (κ2) is 6.17. The zero-order valence-corrected chi connectivity index (χ0v) is 11.3. The van der Waals surface area contributed by atoms with Crippen LogP contribution in [0, 0.1) is 0 Å². The Labute approximate surface area is 113 Å². The van der Waals surface area contributed by atoms with Crippen LogP contribution in [0.15, 0.2) is 24.3 Å². The Morgan fingerprint density at radius 2 is 1.89 bits per heavy atom. The summed E-state index contributed by atoms with van der Waals surface area (Å²) in [6.07, 6.45) is 2.33. The predicted octanol–water partition coefficient (Wildman–Crippen LogP) is 2.12. The van der Waals surface area contributed by atoms with Crippen LogP contribution in [0.5, 0.6) is 0 Å². The molecule has 0 bridgehead atoms. The number of esters is 1. The van der Waals surface area contributed by atoms with Crippen molar-refractivity contribution in [1.29, 1.82) is 0 Å². The molecule has 1 saturated carbocycles. The summed E-state index contributed by atoms with van der Waals surface area (Å²) in [4.78, 5) is 11.4. The number of benzene rings is 1. The van der Waals surface area contributed by atoms with E-state index in [4.69, 9.17) is 4.74 Å². The molecular formula is C15H20O4. The van der Waals surface area contributed by atoms with E-state index in [-0.39, 0.29) is 24.1 Å². The molecule has 0 radical (unpaired) electrons. The third-order valence-electron chi connectivity index (χ3n) is 3.86. The first kappa shape index (κ1) is 14.0. The first-order valence-corrected chi connectivity index (χ1v) is 6.55. The molecule has 4 nitrogen and oxygen atoms in total. The Hall–Kier alpha value is -1.39. The molecular weight excluding hydrogens is 244 g/mol. The van der Waals surface area contributed by atoms with Crippen LogP contribution < -0.4 is 0 Å².